The molecule has 0 radical (unpaired) electrons. The van der Waals surface area contributed by atoms with Crippen molar-refractivity contribution in [3.05, 3.63) is 65.4 Å². The number of rotatable bonds is 2. The Labute approximate surface area is 133 Å². The van der Waals surface area contributed by atoms with Crippen LogP contribution in [-0.2, 0) is 6.42 Å². The average molecular weight is 304 g/mol. The number of carbonyl (C=O) groups excluding carboxylic acids is 1. The van der Waals surface area contributed by atoms with Gasteiger partial charge < -0.3 is 11.1 Å². The third kappa shape index (κ3) is 2.40. The molecule has 4 rings (SSSR count). The van der Waals surface area contributed by atoms with Gasteiger partial charge in [-0.3, -0.25) is 4.79 Å². The number of nitrogen functional groups attached to an aromatic ring is 1. The summed E-state index contributed by atoms with van der Waals surface area (Å²) in [4.78, 5) is 21.2. The van der Waals surface area contributed by atoms with Crippen molar-refractivity contribution in [3.63, 3.8) is 0 Å². The van der Waals surface area contributed by atoms with E-state index in [1.54, 1.807) is 0 Å². The Morgan fingerprint density at radius 1 is 1.04 bits per heavy atom. The highest BCUT2D eigenvalue weighted by Gasteiger charge is 2.25. The van der Waals surface area contributed by atoms with Gasteiger partial charge in [-0.1, -0.05) is 36.4 Å². The number of nitrogens with two attached hydrogens (primary N) is 1. The second kappa shape index (κ2) is 5.35. The van der Waals surface area contributed by atoms with Crippen LogP contribution in [0.4, 0.5) is 5.82 Å². The van der Waals surface area contributed by atoms with Gasteiger partial charge in [-0.25, -0.2) is 9.97 Å². The van der Waals surface area contributed by atoms with Crippen LogP contribution in [0.3, 0.4) is 0 Å². The highest BCUT2D eigenvalue weighted by Crippen LogP contribution is 2.31. The summed E-state index contributed by atoms with van der Waals surface area (Å²) in [6.07, 6.45) is 1.87. The van der Waals surface area contributed by atoms with Gasteiger partial charge >= 0.3 is 0 Å². The van der Waals surface area contributed by atoms with E-state index in [1.165, 1.54) is 11.1 Å². The fraction of sp³-hybridized carbons (Fsp3) is 0.167. The Balaban J connectivity index is 1.64. The summed E-state index contributed by atoms with van der Waals surface area (Å²) in [5.74, 6) is -0.116. The van der Waals surface area contributed by atoms with Crippen molar-refractivity contribution in [2.75, 3.05) is 5.73 Å². The predicted molar refractivity (Wildman–Crippen MR) is 88.9 cm³/mol. The van der Waals surface area contributed by atoms with E-state index in [9.17, 15) is 4.79 Å². The summed E-state index contributed by atoms with van der Waals surface area (Å²) in [6, 6.07) is 15.6. The Bertz CT molecular complexity index is 906. The summed E-state index contributed by atoms with van der Waals surface area (Å²) in [7, 11) is 0. The minimum atomic E-state index is -0.276. The molecule has 2 aromatic carbocycles. The molecule has 1 amide bonds. The normalized spacial score (nSPS) is 16.3. The van der Waals surface area contributed by atoms with Gasteiger partial charge in [0.15, 0.2) is 11.5 Å². The fourth-order valence-corrected chi connectivity index (χ4v) is 3.11. The number of nitrogens with zero attached hydrogens (tertiary/aromatic N) is 2. The van der Waals surface area contributed by atoms with Crippen molar-refractivity contribution in [1.29, 1.82) is 0 Å². The van der Waals surface area contributed by atoms with Gasteiger partial charge in [0.25, 0.3) is 5.91 Å². The molecule has 1 aliphatic rings. The first-order valence-electron chi connectivity index (χ1n) is 7.63. The van der Waals surface area contributed by atoms with E-state index in [-0.39, 0.29) is 23.5 Å². The second-order valence-electron chi connectivity index (χ2n) is 5.71. The monoisotopic (exact) mass is 304 g/mol. The van der Waals surface area contributed by atoms with Crippen LogP contribution in [0.2, 0.25) is 0 Å². The number of benzene rings is 2. The molecule has 0 bridgehead atoms. The lowest BCUT2D eigenvalue weighted by Crippen LogP contribution is -2.29. The van der Waals surface area contributed by atoms with Crippen molar-refractivity contribution >= 4 is 22.8 Å². The van der Waals surface area contributed by atoms with E-state index in [0.717, 1.165) is 12.8 Å². The van der Waals surface area contributed by atoms with Gasteiger partial charge in [0.2, 0.25) is 0 Å². The number of carbonyl (C=O) groups is 1. The van der Waals surface area contributed by atoms with E-state index < -0.39 is 0 Å². The molecule has 0 fully saturated rings. The molecule has 0 saturated carbocycles. The van der Waals surface area contributed by atoms with Crippen molar-refractivity contribution < 1.29 is 4.79 Å². The maximum absolute atomic E-state index is 12.6. The molecule has 5 heteroatoms. The molecular weight excluding hydrogens is 288 g/mol. The molecule has 0 unspecified atom stereocenters. The lowest BCUT2D eigenvalue weighted by molar-refractivity contribution is 0.0932. The molecule has 1 aromatic heterocycles. The fourth-order valence-electron chi connectivity index (χ4n) is 3.11. The second-order valence-corrected chi connectivity index (χ2v) is 5.71. The summed E-state index contributed by atoms with van der Waals surface area (Å²) in [5, 5.41) is 3.04. The minimum absolute atomic E-state index is 0.00590. The van der Waals surface area contributed by atoms with Gasteiger partial charge in [0.1, 0.15) is 0 Å². The molecular formula is C18H16N4O. The van der Waals surface area contributed by atoms with E-state index in [1.807, 2.05) is 36.4 Å². The number of amides is 1. The summed E-state index contributed by atoms with van der Waals surface area (Å²) in [6.45, 7) is 0. The molecule has 114 valence electrons. The SMILES string of the molecule is Nc1nc2ccccc2nc1C(=O)N[C@@H]1CCc2ccccc21. The van der Waals surface area contributed by atoms with Crippen molar-refractivity contribution in [1.82, 2.24) is 15.3 Å². The molecule has 1 heterocycles. The summed E-state index contributed by atoms with van der Waals surface area (Å²) in [5.41, 5.74) is 9.92. The zero-order valence-electron chi connectivity index (χ0n) is 12.5. The first-order chi connectivity index (χ1) is 11.2. The first-order valence-corrected chi connectivity index (χ1v) is 7.63. The molecule has 0 saturated heterocycles. The number of hydrogen-bond donors (Lipinski definition) is 2. The van der Waals surface area contributed by atoms with Crippen molar-refractivity contribution in [2.24, 2.45) is 0 Å². The number of para-hydroxylation sites is 2. The van der Waals surface area contributed by atoms with Crippen LogP contribution in [-0.4, -0.2) is 15.9 Å². The zero-order valence-corrected chi connectivity index (χ0v) is 12.5. The molecule has 23 heavy (non-hydrogen) atoms. The molecule has 3 aromatic rings. The third-order valence-corrected chi connectivity index (χ3v) is 4.25. The molecule has 0 spiro atoms. The van der Waals surface area contributed by atoms with E-state index in [4.69, 9.17) is 5.73 Å². The molecule has 5 nitrogen and oxygen atoms in total. The maximum Gasteiger partial charge on any atom is 0.274 e. The molecule has 3 N–H and O–H groups in total. The number of hydrogen-bond acceptors (Lipinski definition) is 4. The maximum atomic E-state index is 12.6. The van der Waals surface area contributed by atoms with Gasteiger partial charge in [-0.2, -0.15) is 0 Å². The summed E-state index contributed by atoms with van der Waals surface area (Å²) < 4.78 is 0. The molecule has 0 aliphatic heterocycles. The topological polar surface area (TPSA) is 80.9 Å². The Kier molecular flexibility index (Phi) is 3.19. The molecule has 1 aliphatic carbocycles. The quantitative estimate of drug-likeness (QED) is 0.762. The smallest absolute Gasteiger partial charge is 0.274 e. The number of aryl methyl sites for hydroxylation is 1. The lowest BCUT2D eigenvalue weighted by atomic mass is 10.1. The number of fused-ring (bicyclic) bond motifs is 2. The first kappa shape index (κ1) is 13.7. The van der Waals surface area contributed by atoms with Crippen molar-refractivity contribution in [2.45, 2.75) is 18.9 Å². The number of aromatic nitrogens is 2. The van der Waals surface area contributed by atoms with Crippen molar-refractivity contribution in [3.8, 4) is 0 Å². The Morgan fingerprint density at radius 3 is 2.57 bits per heavy atom. The molecule has 1 atom stereocenters. The standard InChI is InChI=1S/C18H16N4O/c19-17-16(20-14-7-3-4-8-15(14)21-17)18(23)22-13-10-9-11-5-1-2-6-12(11)13/h1-8,13H,9-10H2,(H2,19,21)(H,22,23)/t13-/m1/s1. The average Bonchev–Trinajstić information content (AvgIpc) is 2.97. The van der Waals surface area contributed by atoms with E-state index in [0.29, 0.717) is 11.0 Å². The summed E-state index contributed by atoms with van der Waals surface area (Å²) >= 11 is 0. The van der Waals surface area contributed by atoms with Gasteiger partial charge in [0.05, 0.1) is 17.1 Å². The van der Waals surface area contributed by atoms with Crippen LogP contribution in [0.15, 0.2) is 48.5 Å². The highest BCUT2D eigenvalue weighted by atomic mass is 16.2. The van der Waals surface area contributed by atoms with E-state index in [2.05, 4.69) is 27.4 Å². The van der Waals surface area contributed by atoms with Gasteiger partial charge in [0, 0.05) is 0 Å². The lowest BCUT2D eigenvalue weighted by Gasteiger charge is -2.14. The van der Waals surface area contributed by atoms with Gasteiger partial charge in [-0.05, 0) is 36.1 Å². The third-order valence-electron chi connectivity index (χ3n) is 4.25. The Morgan fingerprint density at radius 2 is 1.74 bits per heavy atom. The van der Waals surface area contributed by atoms with Crippen LogP contribution < -0.4 is 11.1 Å². The zero-order chi connectivity index (χ0) is 15.8. The predicted octanol–water partition coefficient (Wildman–Crippen LogP) is 2.63. The van der Waals surface area contributed by atoms with Crippen LogP contribution in [0.25, 0.3) is 11.0 Å². The largest absolute Gasteiger partial charge is 0.382 e. The van der Waals surface area contributed by atoms with Crippen LogP contribution >= 0.6 is 0 Å². The number of anilines is 1. The minimum Gasteiger partial charge on any atom is -0.382 e. The number of nitrogens with one attached hydrogen (secondary N) is 1. The van der Waals surface area contributed by atoms with Crippen LogP contribution in [0.1, 0.15) is 34.1 Å². The van der Waals surface area contributed by atoms with E-state index >= 15 is 0 Å². The Hall–Kier alpha value is -2.95. The van der Waals surface area contributed by atoms with Gasteiger partial charge in [-0.15, -0.1) is 0 Å². The van der Waals surface area contributed by atoms with Crippen LogP contribution in [0.5, 0.6) is 0 Å². The highest BCUT2D eigenvalue weighted by molar-refractivity contribution is 5.98. The van der Waals surface area contributed by atoms with Crippen LogP contribution in [0, 0.1) is 0 Å².